The Bertz CT molecular complexity index is 75.5. The van der Waals surface area contributed by atoms with Gasteiger partial charge in [0.25, 0.3) is 0 Å². The van der Waals surface area contributed by atoms with Crippen molar-refractivity contribution < 1.29 is 26.2 Å². The molecule has 0 N–H and O–H groups in total. The molecule has 5 heteroatoms. The summed E-state index contributed by atoms with van der Waals surface area (Å²) in [5.74, 6) is 0. The topological polar surface area (TPSA) is 0 Å². The fourth-order valence-corrected chi connectivity index (χ4v) is 2.73. The standard InChI is InChI=1S/C2H2Br.3FH.Zn/c1-2-3;;;;/h1-2H;3*1H;/q;;;;+3/p-3. The van der Waals surface area contributed by atoms with Crippen molar-refractivity contribution in [1.29, 1.82) is 0 Å². The summed E-state index contributed by atoms with van der Waals surface area (Å²) in [5, 5.41) is 0. The summed E-state index contributed by atoms with van der Waals surface area (Å²) in [5.41, 5.74) is 0. The van der Waals surface area contributed by atoms with E-state index in [4.69, 9.17) is 0 Å². The van der Waals surface area contributed by atoms with E-state index in [1.807, 2.05) is 0 Å². The monoisotopic (exact) mass is 226 g/mol. The molecule has 0 aliphatic carbocycles. The van der Waals surface area contributed by atoms with Crippen LogP contribution in [-0.2, 0) is 16.3 Å². The maximum atomic E-state index is 11.2. The first kappa shape index (κ1) is 7.63. The Kier molecular flexibility index (Phi) is 3.08. The van der Waals surface area contributed by atoms with Crippen LogP contribution < -0.4 is 0 Å². The average molecular weight is 228 g/mol. The van der Waals surface area contributed by atoms with Crippen LogP contribution in [0.2, 0.25) is 0 Å². The Labute approximate surface area is 52.1 Å². The SMILES string of the molecule is [F][Zn]([F])([F])[CH]=CBr. The fraction of sp³-hybridized carbons (Fsp3) is 0. The molecular weight excluding hydrogens is 226 g/mol. The summed E-state index contributed by atoms with van der Waals surface area (Å²) in [4.78, 5) is 0.868. The number of rotatable bonds is 1. The van der Waals surface area contributed by atoms with Crippen LogP contribution in [0.1, 0.15) is 0 Å². The minimum atomic E-state index is -6.08. The zero-order chi connectivity index (χ0) is 5.91. The van der Waals surface area contributed by atoms with Gasteiger partial charge in [0.1, 0.15) is 0 Å². The molecule has 0 bridgehead atoms. The molecule has 0 nitrogen and oxygen atoms in total. The van der Waals surface area contributed by atoms with E-state index in [0.717, 1.165) is 4.99 Å². The van der Waals surface area contributed by atoms with Gasteiger partial charge >= 0.3 is 51.8 Å². The van der Waals surface area contributed by atoms with Gasteiger partial charge < -0.3 is 0 Å². The van der Waals surface area contributed by atoms with Gasteiger partial charge in [-0.3, -0.25) is 0 Å². The van der Waals surface area contributed by atoms with E-state index in [0.29, 0.717) is 4.67 Å². The first-order valence-electron chi connectivity index (χ1n) is 1.76. The van der Waals surface area contributed by atoms with Crippen molar-refractivity contribution in [2.75, 3.05) is 0 Å². The predicted octanol–water partition coefficient (Wildman–Crippen LogP) is 2.66. The van der Waals surface area contributed by atoms with Gasteiger partial charge in [-0.15, -0.1) is 0 Å². The quantitative estimate of drug-likeness (QED) is 0.605. The number of hydrogen-bond acceptors (Lipinski definition) is 0. The van der Waals surface area contributed by atoms with Gasteiger partial charge in [0.2, 0.25) is 0 Å². The second kappa shape index (κ2) is 2.82. The third kappa shape index (κ3) is 6.63. The summed E-state index contributed by atoms with van der Waals surface area (Å²) in [6.07, 6.45) is 0. The molecule has 7 heavy (non-hydrogen) atoms. The molecule has 0 atom stereocenters. The van der Waals surface area contributed by atoms with Crippen LogP contribution in [0.3, 0.4) is 0 Å². The molecule has 0 fully saturated rings. The molecule has 0 saturated carbocycles. The van der Waals surface area contributed by atoms with Crippen molar-refractivity contribution in [3.63, 3.8) is 0 Å². The zero-order valence-corrected chi connectivity index (χ0v) is 7.93. The number of hydrogen-bond donors (Lipinski definition) is 0. The Morgan fingerprint density at radius 1 is 1.29 bits per heavy atom. The molecule has 0 rings (SSSR count). The van der Waals surface area contributed by atoms with Crippen molar-refractivity contribution >= 4 is 15.9 Å². The maximum absolute atomic E-state index is 11.2. The van der Waals surface area contributed by atoms with Gasteiger partial charge in [0, 0.05) is 0 Å². The van der Waals surface area contributed by atoms with Crippen molar-refractivity contribution in [2.24, 2.45) is 0 Å². The van der Waals surface area contributed by atoms with Gasteiger partial charge in [0.15, 0.2) is 0 Å². The Hall–Kier alpha value is 0.633. The normalized spacial score (nSPS) is 10.9. The van der Waals surface area contributed by atoms with E-state index in [-0.39, 0.29) is 0 Å². The molecule has 0 aromatic rings. The first-order valence-corrected chi connectivity index (χ1v) is 7.75. The molecule has 40 valence electrons. The summed E-state index contributed by atoms with van der Waals surface area (Å²) < 4.78 is 33.8. The van der Waals surface area contributed by atoms with Crippen LogP contribution in [-0.4, -0.2) is 0 Å². The summed E-state index contributed by atoms with van der Waals surface area (Å²) in [7, 11) is 0. The van der Waals surface area contributed by atoms with Gasteiger partial charge in [0.05, 0.1) is 0 Å². The van der Waals surface area contributed by atoms with Crippen molar-refractivity contribution in [3.05, 3.63) is 9.66 Å². The molecule has 0 aromatic heterocycles. The van der Waals surface area contributed by atoms with Gasteiger partial charge in [-0.1, -0.05) is 0 Å². The molecule has 0 aliphatic heterocycles. The molecule has 0 unspecified atom stereocenters. The second-order valence-electron chi connectivity index (χ2n) is 1.13. The summed E-state index contributed by atoms with van der Waals surface area (Å²) >= 11 is -3.54. The molecule has 0 amide bonds. The molecule has 0 saturated heterocycles. The summed E-state index contributed by atoms with van der Waals surface area (Å²) in [6, 6.07) is 0. The van der Waals surface area contributed by atoms with Gasteiger partial charge in [-0.05, 0) is 0 Å². The Morgan fingerprint density at radius 2 is 1.71 bits per heavy atom. The van der Waals surface area contributed by atoms with E-state index in [2.05, 4.69) is 15.9 Å². The molecule has 0 radical (unpaired) electrons. The molecule has 0 aromatic carbocycles. The number of halogens is 4. The minimum absolute atomic E-state index is 0.323. The Morgan fingerprint density at radius 3 is 1.71 bits per heavy atom. The second-order valence-corrected chi connectivity index (χ2v) is 5.86. The third-order valence-corrected chi connectivity index (χ3v) is 3.79. The van der Waals surface area contributed by atoms with Gasteiger partial charge in [-0.2, -0.15) is 0 Å². The first-order chi connectivity index (χ1) is 3.06. The van der Waals surface area contributed by atoms with Crippen molar-refractivity contribution in [2.45, 2.75) is 0 Å². The average Bonchev–Trinajstić information content (AvgIpc) is 1.30. The summed E-state index contributed by atoms with van der Waals surface area (Å²) in [6.45, 7) is 0. The fourth-order valence-electron chi connectivity index (χ4n) is 0.101. The van der Waals surface area contributed by atoms with E-state index in [9.17, 15) is 9.95 Å². The van der Waals surface area contributed by atoms with E-state index >= 15 is 0 Å². The van der Waals surface area contributed by atoms with E-state index < -0.39 is 16.3 Å². The molecule has 0 aliphatic rings. The van der Waals surface area contributed by atoms with Crippen LogP contribution >= 0.6 is 15.9 Å². The molecular formula is C2H2BrF3Zn. The van der Waals surface area contributed by atoms with E-state index in [1.165, 1.54) is 0 Å². The van der Waals surface area contributed by atoms with Crippen LogP contribution in [0, 0.1) is 0 Å². The zero-order valence-electron chi connectivity index (χ0n) is 3.37. The van der Waals surface area contributed by atoms with Crippen LogP contribution in [0.4, 0.5) is 9.95 Å². The van der Waals surface area contributed by atoms with Crippen LogP contribution in [0.15, 0.2) is 9.66 Å². The molecule has 0 heterocycles. The van der Waals surface area contributed by atoms with Crippen molar-refractivity contribution in [1.82, 2.24) is 0 Å². The van der Waals surface area contributed by atoms with Crippen LogP contribution in [0.5, 0.6) is 0 Å². The predicted molar refractivity (Wildman–Crippen MR) is 21.4 cm³/mol. The third-order valence-electron chi connectivity index (χ3n) is 0.356. The van der Waals surface area contributed by atoms with E-state index in [1.54, 1.807) is 0 Å². The van der Waals surface area contributed by atoms with Crippen LogP contribution in [0.25, 0.3) is 0 Å². The van der Waals surface area contributed by atoms with Gasteiger partial charge in [-0.25, -0.2) is 0 Å². The molecule has 0 spiro atoms. The van der Waals surface area contributed by atoms with Crippen molar-refractivity contribution in [3.8, 4) is 0 Å². The Balaban J connectivity index is 3.56.